The van der Waals surface area contributed by atoms with Gasteiger partial charge in [0.05, 0.1) is 25.1 Å². The lowest BCUT2D eigenvalue weighted by molar-refractivity contribution is 0.186. The summed E-state index contributed by atoms with van der Waals surface area (Å²) < 4.78 is 39.1. The second kappa shape index (κ2) is 13.9. The molecule has 0 saturated heterocycles. The Bertz CT molecular complexity index is 1480. The lowest BCUT2D eigenvalue weighted by Crippen LogP contribution is -2.66. The number of rotatable bonds is 13. The van der Waals surface area contributed by atoms with Gasteiger partial charge in [-0.05, 0) is 64.0 Å². The van der Waals surface area contributed by atoms with Crippen LogP contribution in [-0.2, 0) is 20.9 Å². The highest BCUT2D eigenvalue weighted by Crippen LogP contribution is 2.39. The van der Waals surface area contributed by atoms with Crippen LogP contribution in [0.2, 0.25) is 5.04 Å². The Morgan fingerprint density at radius 2 is 1.63 bits per heavy atom. The normalized spacial score (nSPS) is 18.3. The highest BCUT2D eigenvalue weighted by molar-refractivity contribution is 7.92. The third kappa shape index (κ3) is 7.14. The average molecular weight is 625 g/mol. The zero-order valence-corrected chi connectivity index (χ0v) is 27.3. The largest absolute Gasteiger partial charge is 0.459 e. The predicted octanol–water partition coefficient (Wildman–Crippen LogP) is 4.37. The van der Waals surface area contributed by atoms with Crippen LogP contribution in [0.5, 0.6) is 0 Å². The molecule has 0 radical (unpaired) electrons. The molecular formula is C34H44O7SSi. The molecule has 0 spiro atoms. The molecule has 3 N–H and O–H groups in total. The Balaban J connectivity index is 1.68. The molecule has 0 unspecified atom stereocenters. The van der Waals surface area contributed by atoms with Crippen molar-refractivity contribution in [3.05, 3.63) is 101 Å². The number of aliphatic hydroxyl groups excluding tert-OH is 3. The van der Waals surface area contributed by atoms with Gasteiger partial charge >= 0.3 is 0 Å². The third-order valence-electron chi connectivity index (χ3n) is 8.35. The van der Waals surface area contributed by atoms with Crippen LogP contribution in [-0.4, -0.2) is 62.4 Å². The molecular weight excluding hydrogens is 581 g/mol. The summed E-state index contributed by atoms with van der Waals surface area (Å²) in [6.45, 7) is 7.75. The number of furan rings is 1. The summed E-state index contributed by atoms with van der Waals surface area (Å²) in [4.78, 5) is 0. The number of benzene rings is 2. The number of hydrogen-bond acceptors (Lipinski definition) is 7. The highest BCUT2D eigenvalue weighted by Gasteiger charge is 2.51. The minimum absolute atomic E-state index is 0.0439. The van der Waals surface area contributed by atoms with Crippen LogP contribution in [0, 0.1) is 0 Å². The van der Waals surface area contributed by atoms with Crippen LogP contribution in [0.3, 0.4) is 0 Å². The maximum absolute atomic E-state index is 13.2. The van der Waals surface area contributed by atoms with Crippen molar-refractivity contribution in [2.45, 2.75) is 70.0 Å². The average Bonchev–Trinajstić information content (AvgIpc) is 3.55. The zero-order chi connectivity index (χ0) is 31.3. The Kier molecular flexibility index (Phi) is 10.7. The quantitative estimate of drug-likeness (QED) is 0.191. The van der Waals surface area contributed by atoms with Gasteiger partial charge in [-0.25, -0.2) is 8.42 Å². The van der Waals surface area contributed by atoms with Crippen molar-refractivity contribution in [3.63, 3.8) is 0 Å². The summed E-state index contributed by atoms with van der Waals surface area (Å²) in [6, 6.07) is 23.8. The molecule has 4 rings (SSSR count). The van der Waals surface area contributed by atoms with Gasteiger partial charge in [0.25, 0.3) is 8.32 Å². The maximum Gasteiger partial charge on any atom is 0.261 e. The van der Waals surface area contributed by atoms with E-state index in [2.05, 4.69) is 45.0 Å². The van der Waals surface area contributed by atoms with E-state index in [1.165, 1.54) is 0 Å². The molecule has 3 aromatic rings. The van der Waals surface area contributed by atoms with E-state index in [-0.39, 0.29) is 30.4 Å². The first kappa shape index (κ1) is 33.1. The van der Waals surface area contributed by atoms with Crippen molar-refractivity contribution < 1.29 is 32.6 Å². The maximum atomic E-state index is 13.2. The van der Waals surface area contributed by atoms with Gasteiger partial charge in [-0.15, -0.1) is 0 Å². The van der Waals surface area contributed by atoms with E-state index >= 15 is 0 Å². The minimum atomic E-state index is -3.71. The van der Waals surface area contributed by atoms with Gasteiger partial charge in [-0.2, -0.15) is 0 Å². The van der Waals surface area contributed by atoms with Crippen LogP contribution < -0.4 is 10.4 Å². The minimum Gasteiger partial charge on any atom is -0.459 e. The number of allylic oxidation sites excluding steroid dienone is 1. The second-order valence-electron chi connectivity index (χ2n) is 12.2. The second-order valence-corrected chi connectivity index (χ2v) is 18.7. The Hall–Kier alpha value is -2.79. The Morgan fingerprint density at radius 3 is 2.12 bits per heavy atom. The van der Waals surface area contributed by atoms with Gasteiger partial charge in [0, 0.05) is 0 Å². The molecule has 9 heteroatoms. The molecule has 0 aliphatic carbocycles. The Labute approximate surface area is 256 Å². The van der Waals surface area contributed by atoms with Gasteiger partial charge in [0.1, 0.15) is 23.4 Å². The standard InChI is InChI=1S/C34H44O7SSi/c1-5-25(20-27-17-18-28(21-35)41-27)16-19-31(37)33-26(24-42(38,39)32(33)22-36)23-40-43(34(2,3)4,29-12-8-6-9-13-29)30-14-10-7-11-15-30/h6-15,17-18,20,31-32,35-37H,5,16,19,21-24H2,1-4H3/b25-20+/t31-,32+/m1/s1. The first-order valence-electron chi connectivity index (χ1n) is 14.8. The molecule has 7 nitrogen and oxygen atoms in total. The fraction of sp³-hybridized carbons (Fsp3) is 0.412. The van der Waals surface area contributed by atoms with Gasteiger partial charge in [-0.1, -0.05) is 93.9 Å². The first-order chi connectivity index (χ1) is 20.5. The molecule has 0 fully saturated rings. The summed E-state index contributed by atoms with van der Waals surface area (Å²) in [6.07, 6.45) is 2.34. The first-order valence-corrected chi connectivity index (χ1v) is 18.5. The molecule has 0 saturated carbocycles. The van der Waals surface area contributed by atoms with E-state index in [0.29, 0.717) is 35.5 Å². The lowest BCUT2D eigenvalue weighted by atomic mass is 9.95. The molecule has 2 atom stereocenters. The van der Waals surface area contributed by atoms with Crippen molar-refractivity contribution in [2.24, 2.45) is 0 Å². The van der Waals surface area contributed by atoms with E-state index in [1.807, 2.05) is 49.4 Å². The van der Waals surface area contributed by atoms with Crippen molar-refractivity contribution in [1.29, 1.82) is 0 Å². The summed E-state index contributed by atoms with van der Waals surface area (Å²) in [5, 5.41) is 31.7. The Morgan fingerprint density at radius 1 is 1.02 bits per heavy atom. The van der Waals surface area contributed by atoms with Crippen LogP contribution >= 0.6 is 0 Å². The molecule has 43 heavy (non-hydrogen) atoms. The molecule has 2 heterocycles. The summed E-state index contributed by atoms with van der Waals surface area (Å²) >= 11 is 0. The molecule has 1 aromatic heterocycles. The van der Waals surface area contributed by atoms with Crippen molar-refractivity contribution >= 4 is 34.6 Å². The molecule has 1 aliphatic heterocycles. The summed E-state index contributed by atoms with van der Waals surface area (Å²) in [5.41, 5.74) is 1.90. The van der Waals surface area contributed by atoms with E-state index in [0.717, 1.165) is 15.9 Å². The van der Waals surface area contributed by atoms with Gasteiger partial charge in [0.15, 0.2) is 9.84 Å². The van der Waals surface area contributed by atoms with Crippen LogP contribution in [0.15, 0.2) is 93.9 Å². The lowest BCUT2D eigenvalue weighted by Gasteiger charge is -2.43. The fourth-order valence-electron chi connectivity index (χ4n) is 6.18. The van der Waals surface area contributed by atoms with Crippen LogP contribution in [0.4, 0.5) is 0 Å². The monoisotopic (exact) mass is 624 g/mol. The summed E-state index contributed by atoms with van der Waals surface area (Å²) in [5.74, 6) is 0.834. The predicted molar refractivity (Wildman–Crippen MR) is 173 cm³/mol. The molecule has 0 amide bonds. The van der Waals surface area contributed by atoms with Crippen molar-refractivity contribution in [2.75, 3.05) is 19.0 Å². The van der Waals surface area contributed by atoms with E-state index in [1.54, 1.807) is 12.1 Å². The number of hydrogen-bond donors (Lipinski definition) is 3. The third-order valence-corrected chi connectivity index (χ3v) is 15.3. The van der Waals surface area contributed by atoms with Crippen molar-refractivity contribution in [3.8, 4) is 0 Å². The van der Waals surface area contributed by atoms with Crippen molar-refractivity contribution in [1.82, 2.24) is 0 Å². The van der Waals surface area contributed by atoms with Crippen LogP contribution in [0.1, 0.15) is 58.5 Å². The van der Waals surface area contributed by atoms with E-state index in [4.69, 9.17) is 8.84 Å². The van der Waals surface area contributed by atoms with Crippen LogP contribution in [0.25, 0.3) is 6.08 Å². The topological polar surface area (TPSA) is 117 Å². The number of aliphatic hydroxyl groups is 3. The fourth-order valence-corrected chi connectivity index (χ4v) is 12.6. The number of sulfone groups is 1. The van der Waals surface area contributed by atoms with Gasteiger partial charge in [0.2, 0.25) is 0 Å². The highest BCUT2D eigenvalue weighted by atomic mass is 32.2. The SMILES string of the molecule is CC/C(=C\c1ccc(CO)o1)CC[C@@H](O)C1=C(CO[Si](c2ccccc2)(c2ccccc2)C(C)(C)C)CS(=O)(=O)[C@H]1CO. The summed E-state index contributed by atoms with van der Waals surface area (Å²) in [7, 11) is -6.66. The zero-order valence-electron chi connectivity index (χ0n) is 25.5. The molecule has 1 aliphatic rings. The molecule has 2 aromatic carbocycles. The smallest absolute Gasteiger partial charge is 0.261 e. The van der Waals surface area contributed by atoms with Gasteiger partial charge in [-0.3, -0.25) is 0 Å². The molecule has 232 valence electrons. The van der Waals surface area contributed by atoms with E-state index < -0.39 is 36.1 Å². The van der Waals surface area contributed by atoms with E-state index in [9.17, 15) is 23.7 Å². The molecule has 0 bridgehead atoms. The van der Waals surface area contributed by atoms with Gasteiger partial charge < -0.3 is 24.2 Å².